The fourth-order valence-electron chi connectivity index (χ4n) is 7.75. The second kappa shape index (κ2) is 6.58. The molecule has 2 bridgehead atoms. The number of furan rings is 1. The lowest BCUT2D eigenvalue weighted by molar-refractivity contribution is -0.548. The molecule has 6 aliphatic rings. The predicted octanol–water partition coefficient (Wildman–Crippen LogP) is 3.50. The summed E-state index contributed by atoms with van der Waals surface area (Å²) in [4.78, 5) is 25.5. The maximum Gasteiger partial charge on any atom is 0.313 e. The van der Waals surface area contributed by atoms with Gasteiger partial charge in [-0.05, 0) is 37.2 Å². The molecule has 4 saturated heterocycles. The standard InChI is InChI=1S/C24H30O8/c1-14-9-19-24-13-29-21(3,31-19)32-22(24,12-28-15(2)25)7-4-5-18(24)23(14)10-17(30-20(23)26)16-6-8-27-11-16/h6,8,11,14,17-19H,4-5,7,9-10,12-13H2,1-3H3/t14-,17+,18-,19+,21?,22+,23-,24+/m1/s1. The summed E-state index contributed by atoms with van der Waals surface area (Å²) in [6, 6.07) is 1.86. The highest BCUT2D eigenvalue weighted by Crippen LogP contribution is 2.72. The van der Waals surface area contributed by atoms with Gasteiger partial charge in [-0.3, -0.25) is 9.59 Å². The average molecular weight is 446 g/mol. The molecule has 0 aromatic carbocycles. The summed E-state index contributed by atoms with van der Waals surface area (Å²) in [6.45, 7) is 5.91. The molecule has 8 heteroatoms. The second-order valence-electron chi connectivity index (χ2n) is 10.5. The number of carbonyl (C=O) groups is 2. The van der Waals surface area contributed by atoms with E-state index < -0.39 is 22.4 Å². The third-order valence-electron chi connectivity index (χ3n) is 9.07. The minimum atomic E-state index is -1.17. The number of hydrogen-bond donors (Lipinski definition) is 0. The van der Waals surface area contributed by atoms with Gasteiger partial charge in [0, 0.05) is 25.8 Å². The van der Waals surface area contributed by atoms with Gasteiger partial charge in [0.15, 0.2) is 0 Å². The maximum absolute atomic E-state index is 13.7. The van der Waals surface area contributed by atoms with E-state index in [1.165, 1.54) is 6.92 Å². The highest BCUT2D eigenvalue weighted by atomic mass is 16.9. The van der Waals surface area contributed by atoms with E-state index in [0.717, 1.165) is 24.8 Å². The highest BCUT2D eigenvalue weighted by molar-refractivity contribution is 5.81. The van der Waals surface area contributed by atoms with Gasteiger partial charge >= 0.3 is 11.9 Å². The van der Waals surface area contributed by atoms with Gasteiger partial charge in [0.1, 0.15) is 18.3 Å². The lowest BCUT2D eigenvalue weighted by Gasteiger charge is -2.73. The zero-order chi connectivity index (χ0) is 22.4. The van der Waals surface area contributed by atoms with E-state index in [1.807, 2.05) is 6.07 Å². The summed E-state index contributed by atoms with van der Waals surface area (Å²) in [6.07, 6.45) is 6.53. The topological polar surface area (TPSA) is 93.4 Å². The number of fused-ring (bicyclic) bond motifs is 2. The van der Waals surface area contributed by atoms with E-state index in [-0.39, 0.29) is 42.6 Å². The molecule has 5 heterocycles. The van der Waals surface area contributed by atoms with Crippen LogP contribution in [0.1, 0.15) is 64.5 Å². The summed E-state index contributed by atoms with van der Waals surface area (Å²) in [5.74, 6) is -1.67. The van der Waals surface area contributed by atoms with Crippen LogP contribution in [0.2, 0.25) is 0 Å². The molecule has 1 aromatic rings. The van der Waals surface area contributed by atoms with Crippen molar-refractivity contribution in [1.82, 2.24) is 0 Å². The van der Waals surface area contributed by atoms with Crippen molar-refractivity contribution in [3.63, 3.8) is 0 Å². The van der Waals surface area contributed by atoms with Crippen molar-refractivity contribution in [1.29, 1.82) is 0 Å². The van der Waals surface area contributed by atoms with Gasteiger partial charge in [0.25, 0.3) is 5.97 Å². The highest BCUT2D eigenvalue weighted by Gasteiger charge is 2.80. The summed E-state index contributed by atoms with van der Waals surface area (Å²) in [5.41, 5.74) is -1.14. The average Bonchev–Trinajstić information content (AvgIpc) is 3.38. The molecule has 2 aliphatic carbocycles. The van der Waals surface area contributed by atoms with Gasteiger partial charge in [-0.15, -0.1) is 0 Å². The van der Waals surface area contributed by atoms with E-state index >= 15 is 0 Å². The molecule has 8 nitrogen and oxygen atoms in total. The number of rotatable bonds is 3. The molecule has 2 saturated carbocycles. The lowest BCUT2D eigenvalue weighted by atomic mass is 9.41. The summed E-state index contributed by atoms with van der Waals surface area (Å²) < 4.78 is 35.9. The fraction of sp³-hybridized carbons (Fsp3) is 0.750. The van der Waals surface area contributed by atoms with E-state index in [0.29, 0.717) is 19.4 Å². The van der Waals surface area contributed by atoms with Crippen LogP contribution in [0.4, 0.5) is 0 Å². The first-order valence-electron chi connectivity index (χ1n) is 11.6. The molecule has 4 aliphatic heterocycles. The first-order valence-corrected chi connectivity index (χ1v) is 11.6. The minimum absolute atomic E-state index is 0.0673. The van der Waals surface area contributed by atoms with Gasteiger partial charge in [0.05, 0.1) is 36.1 Å². The number of ether oxygens (including phenoxy) is 5. The Kier molecular flexibility index (Phi) is 4.25. The normalized spacial score (nSPS) is 49.0. The fourth-order valence-corrected chi connectivity index (χ4v) is 7.75. The molecule has 2 spiro atoms. The molecule has 0 N–H and O–H groups in total. The third-order valence-corrected chi connectivity index (χ3v) is 9.07. The Morgan fingerprint density at radius 2 is 2.19 bits per heavy atom. The number of cyclic esters (lactones) is 1. The zero-order valence-electron chi connectivity index (χ0n) is 18.8. The van der Waals surface area contributed by atoms with Crippen LogP contribution < -0.4 is 0 Å². The Hall–Kier alpha value is -1.90. The van der Waals surface area contributed by atoms with Crippen molar-refractivity contribution in [2.75, 3.05) is 13.2 Å². The van der Waals surface area contributed by atoms with Crippen LogP contribution in [0.3, 0.4) is 0 Å². The first-order chi connectivity index (χ1) is 15.2. The largest absolute Gasteiger partial charge is 0.472 e. The number of esters is 2. The van der Waals surface area contributed by atoms with Crippen LogP contribution in [0.25, 0.3) is 0 Å². The summed E-state index contributed by atoms with van der Waals surface area (Å²) >= 11 is 0. The van der Waals surface area contributed by atoms with E-state index in [9.17, 15) is 9.59 Å². The van der Waals surface area contributed by atoms with Crippen molar-refractivity contribution >= 4 is 11.9 Å². The monoisotopic (exact) mass is 446 g/mol. The van der Waals surface area contributed by atoms with E-state index in [4.69, 9.17) is 28.1 Å². The van der Waals surface area contributed by atoms with Crippen molar-refractivity contribution in [3.05, 3.63) is 24.2 Å². The van der Waals surface area contributed by atoms with Crippen LogP contribution in [0.15, 0.2) is 23.0 Å². The Morgan fingerprint density at radius 1 is 1.34 bits per heavy atom. The molecule has 6 fully saturated rings. The molecule has 7 rings (SSSR count). The van der Waals surface area contributed by atoms with Crippen molar-refractivity contribution in [3.8, 4) is 0 Å². The predicted molar refractivity (Wildman–Crippen MR) is 108 cm³/mol. The Balaban J connectivity index is 1.47. The van der Waals surface area contributed by atoms with Gasteiger partial charge in [0.2, 0.25) is 0 Å². The molecule has 1 unspecified atom stereocenters. The van der Waals surface area contributed by atoms with Gasteiger partial charge < -0.3 is 28.1 Å². The summed E-state index contributed by atoms with van der Waals surface area (Å²) in [7, 11) is 0. The lowest BCUT2D eigenvalue weighted by Crippen LogP contribution is -2.81. The number of hydrogen-bond acceptors (Lipinski definition) is 8. The van der Waals surface area contributed by atoms with E-state index in [1.54, 1.807) is 19.5 Å². The van der Waals surface area contributed by atoms with Crippen molar-refractivity contribution in [2.24, 2.45) is 22.7 Å². The smallest absolute Gasteiger partial charge is 0.313 e. The van der Waals surface area contributed by atoms with Gasteiger partial charge in [-0.25, -0.2) is 0 Å². The molecule has 8 atom stereocenters. The Bertz CT molecular complexity index is 944. The van der Waals surface area contributed by atoms with E-state index in [2.05, 4.69) is 6.92 Å². The molecule has 174 valence electrons. The number of carbonyl (C=O) groups excluding carboxylic acids is 2. The minimum Gasteiger partial charge on any atom is -0.472 e. The van der Waals surface area contributed by atoms with Crippen LogP contribution in [0.5, 0.6) is 0 Å². The third kappa shape index (κ3) is 2.43. The molecular formula is C24H30O8. The first kappa shape index (κ1) is 20.7. The summed E-state index contributed by atoms with van der Waals surface area (Å²) in [5, 5.41) is 0. The van der Waals surface area contributed by atoms with Crippen LogP contribution in [-0.2, 0) is 33.3 Å². The molecular weight excluding hydrogens is 416 g/mol. The molecule has 32 heavy (non-hydrogen) atoms. The van der Waals surface area contributed by atoms with Crippen LogP contribution >= 0.6 is 0 Å². The maximum atomic E-state index is 13.7. The van der Waals surface area contributed by atoms with Crippen LogP contribution in [-0.4, -0.2) is 42.8 Å². The van der Waals surface area contributed by atoms with Crippen molar-refractivity contribution < 1.29 is 37.7 Å². The Morgan fingerprint density at radius 3 is 2.94 bits per heavy atom. The second-order valence-corrected chi connectivity index (χ2v) is 10.5. The van der Waals surface area contributed by atoms with Crippen LogP contribution in [0, 0.1) is 22.7 Å². The van der Waals surface area contributed by atoms with Crippen molar-refractivity contribution in [2.45, 2.75) is 76.7 Å². The molecule has 0 radical (unpaired) electrons. The SMILES string of the molecule is CC(=O)OC[C@@]12CCC[C@@H]3[C@@]4(C[C@@H](c5ccoc5)OC4=O)[C@H](C)C[C@@H]4OC(C)(OC[C@@]431)O2. The zero-order valence-corrected chi connectivity index (χ0v) is 18.8. The van der Waals surface area contributed by atoms with Gasteiger partial charge in [-0.2, -0.15) is 0 Å². The van der Waals surface area contributed by atoms with Gasteiger partial charge in [-0.1, -0.05) is 13.3 Å². The molecule has 0 amide bonds. The molecule has 1 aromatic heterocycles. The Labute approximate surface area is 186 Å². The quantitative estimate of drug-likeness (QED) is 0.652.